The molecule has 6 nitrogen and oxygen atoms in total. The van der Waals surface area contributed by atoms with Crippen molar-refractivity contribution >= 4 is 11.7 Å². The van der Waals surface area contributed by atoms with Gasteiger partial charge in [-0.15, -0.1) is 0 Å². The number of piperidine rings is 1. The number of hydrogen-bond donors (Lipinski definition) is 1. The van der Waals surface area contributed by atoms with Gasteiger partial charge in [0.15, 0.2) is 0 Å². The minimum atomic E-state index is -0.233. The molecular weight excluding hydrogens is 290 g/mol. The minimum Gasteiger partial charge on any atom is -0.372 e. The van der Waals surface area contributed by atoms with Crippen LogP contribution in [0.3, 0.4) is 0 Å². The standard InChI is InChI=1S/C17H27N5O/c1-17(6-9-21(3)10-7-17)16(23)22-8-4-5-14(22)13-11-19-12-15(18-2)20-13/h11-12,14H,4-10H2,1-3H3,(H,18,20). The molecule has 0 bridgehead atoms. The van der Waals surface area contributed by atoms with Crippen molar-refractivity contribution < 1.29 is 4.79 Å². The summed E-state index contributed by atoms with van der Waals surface area (Å²) in [5, 5.41) is 3.03. The van der Waals surface area contributed by atoms with Crippen LogP contribution in [0.25, 0.3) is 0 Å². The summed E-state index contributed by atoms with van der Waals surface area (Å²) in [6.45, 7) is 4.96. The molecule has 3 rings (SSSR count). The van der Waals surface area contributed by atoms with Gasteiger partial charge >= 0.3 is 0 Å². The molecule has 126 valence electrons. The van der Waals surface area contributed by atoms with Gasteiger partial charge in [0.05, 0.1) is 24.1 Å². The lowest BCUT2D eigenvalue weighted by Gasteiger charge is -2.40. The molecule has 6 heteroatoms. The highest BCUT2D eigenvalue weighted by molar-refractivity contribution is 5.83. The van der Waals surface area contributed by atoms with E-state index in [0.29, 0.717) is 5.91 Å². The third kappa shape index (κ3) is 3.17. The van der Waals surface area contributed by atoms with Gasteiger partial charge in [-0.1, -0.05) is 6.92 Å². The maximum Gasteiger partial charge on any atom is 0.229 e. The Hall–Kier alpha value is -1.69. The van der Waals surface area contributed by atoms with Crippen LogP contribution in [0.15, 0.2) is 12.4 Å². The number of carbonyl (C=O) groups excluding carboxylic acids is 1. The fraction of sp³-hybridized carbons (Fsp3) is 0.706. The van der Waals surface area contributed by atoms with Gasteiger partial charge in [-0.25, -0.2) is 4.98 Å². The van der Waals surface area contributed by atoms with Gasteiger partial charge in [-0.3, -0.25) is 9.78 Å². The molecular formula is C17H27N5O. The number of carbonyl (C=O) groups is 1. The Kier molecular flexibility index (Phi) is 4.53. The van der Waals surface area contributed by atoms with Crippen molar-refractivity contribution in [1.82, 2.24) is 19.8 Å². The zero-order chi connectivity index (χ0) is 16.4. The monoisotopic (exact) mass is 317 g/mol. The van der Waals surface area contributed by atoms with Crippen molar-refractivity contribution in [1.29, 1.82) is 0 Å². The van der Waals surface area contributed by atoms with E-state index >= 15 is 0 Å². The van der Waals surface area contributed by atoms with Gasteiger partial charge in [0.1, 0.15) is 5.82 Å². The second-order valence-corrected chi connectivity index (χ2v) is 7.10. The summed E-state index contributed by atoms with van der Waals surface area (Å²) in [6, 6.07) is 0.0692. The third-order valence-electron chi connectivity index (χ3n) is 5.37. The second-order valence-electron chi connectivity index (χ2n) is 7.10. The largest absolute Gasteiger partial charge is 0.372 e. The molecule has 2 aliphatic heterocycles. The number of nitrogens with zero attached hydrogens (tertiary/aromatic N) is 4. The summed E-state index contributed by atoms with van der Waals surface area (Å²) >= 11 is 0. The van der Waals surface area contributed by atoms with E-state index in [1.807, 2.05) is 7.05 Å². The Labute approximate surface area is 138 Å². The molecule has 1 atom stereocenters. The van der Waals surface area contributed by atoms with Crippen LogP contribution in [-0.2, 0) is 4.79 Å². The quantitative estimate of drug-likeness (QED) is 0.923. The molecule has 2 saturated heterocycles. The molecule has 0 saturated carbocycles. The smallest absolute Gasteiger partial charge is 0.229 e. The molecule has 0 spiro atoms. The van der Waals surface area contributed by atoms with Crippen molar-refractivity contribution in [3.05, 3.63) is 18.1 Å². The summed E-state index contributed by atoms with van der Waals surface area (Å²) < 4.78 is 0. The number of rotatable bonds is 3. The van der Waals surface area contributed by atoms with E-state index in [2.05, 4.69) is 39.1 Å². The van der Waals surface area contributed by atoms with E-state index in [1.165, 1.54) is 0 Å². The van der Waals surface area contributed by atoms with Crippen LogP contribution in [0.2, 0.25) is 0 Å². The van der Waals surface area contributed by atoms with E-state index < -0.39 is 0 Å². The molecule has 1 aromatic rings. The maximum atomic E-state index is 13.2. The van der Waals surface area contributed by atoms with Crippen molar-refractivity contribution in [2.24, 2.45) is 5.41 Å². The van der Waals surface area contributed by atoms with Gasteiger partial charge in [-0.05, 0) is 45.8 Å². The Bertz CT molecular complexity index is 568. The van der Waals surface area contributed by atoms with Crippen LogP contribution in [0, 0.1) is 5.41 Å². The molecule has 3 heterocycles. The normalized spacial score (nSPS) is 24.7. The van der Waals surface area contributed by atoms with Crippen LogP contribution >= 0.6 is 0 Å². The summed E-state index contributed by atoms with van der Waals surface area (Å²) in [5.41, 5.74) is 0.669. The van der Waals surface area contributed by atoms with Crippen LogP contribution in [-0.4, -0.2) is 59.4 Å². The first-order valence-electron chi connectivity index (χ1n) is 8.53. The van der Waals surface area contributed by atoms with Crippen molar-refractivity contribution in [3.63, 3.8) is 0 Å². The van der Waals surface area contributed by atoms with Gasteiger partial charge in [-0.2, -0.15) is 0 Å². The third-order valence-corrected chi connectivity index (χ3v) is 5.37. The Morgan fingerprint density at radius 2 is 2.04 bits per heavy atom. The van der Waals surface area contributed by atoms with Crippen molar-refractivity contribution in [3.8, 4) is 0 Å². The molecule has 1 aromatic heterocycles. The van der Waals surface area contributed by atoms with Crippen molar-refractivity contribution in [2.75, 3.05) is 39.0 Å². The summed E-state index contributed by atoms with van der Waals surface area (Å²) in [6.07, 6.45) is 7.40. The number of aromatic nitrogens is 2. The number of amides is 1. The fourth-order valence-corrected chi connectivity index (χ4v) is 3.65. The highest BCUT2D eigenvalue weighted by Gasteiger charge is 2.43. The van der Waals surface area contributed by atoms with E-state index in [4.69, 9.17) is 0 Å². The van der Waals surface area contributed by atoms with Gasteiger partial charge in [0.2, 0.25) is 5.91 Å². The van der Waals surface area contributed by atoms with Gasteiger partial charge < -0.3 is 15.1 Å². The zero-order valence-corrected chi connectivity index (χ0v) is 14.4. The molecule has 2 fully saturated rings. The fourth-order valence-electron chi connectivity index (χ4n) is 3.65. The Balaban J connectivity index is 1.79. The summed E-state index contributed by atoms with van der Waals surface area (Å²) in [7, 11) is 3.96. The summed E-state index contributed by atoms with van der Waals surface area (Å²) in [5.74, 6) is 1.05. The lowest BCUT2D eigenvalue weighted by Crippen LogP contribution is -2.47. The number of likely N-dealkylation sites (tertiary alicyclic amines) is 2. The van der Waals surface area contributed by atoms with Crippen molar-refractivity contribution in [2.45, 2.75) is 38.6 Å². The first kappa shape index (κ1) is 16.2. The lowest BCUT2D eigenvalue weighted by molar-refractivity contribution is -0.145. The number of nitrogens with one attached hydrogen (secondary N) is 1. The average molecular weight is 317 g/mol. The number of hydrogen-bond acceptors (Lipinski definition) is 5. The molecule has 1 N–H and O–H groups in total. The molecule has 0 aliphatic carbocycles. The van der Waals surface area contributed by atoms with Crippen LogP contribution < -0.4 is 5.32 Å². The Morgan fingerprint density at radius 3 is 2.74 bits per heavy atom. The van der Waals surface area contributed by atoms with E-state index in [-0.39, 0.29) is 11.5 Å². The highest BCUT2D eigenvalue weighted by Crippen LogP contribution is 2.39. The predicted molar refractivity (Wildman–Crippen MR) is 90.1 cm³/mol. The first-order valence-corrected chi connectivity index (χ1v) is 8.53. The maximum absolute atomic E-state index is 13.2. The van der Waals surface area contributed by atoms with Crippen LogP contribution in [0.1, 0.15) is 44.3 Å². The van der Waals surface area contributed by atoms with Crippen LogP contribution in [0.4, 0.5) is 5.82 Å². The summed E-state index contributed by atoms with van der Waals surface area (Å²) in [4.78, 5) is 26.4. The molecule has 2 aliphatic rings. The zero-order valence-electron chi connectivity index (χ0n) is 14.4. The topological polar surface area (TPSA) is 61.4 Å². The molecule has 1 unspecified atom stereocenters. The predicted octanol–water partition coefficient (Wildman–Crippen LogP) is 1.91. The first-order chi connectivity index (χ1) is 11.0. The molecule has 23 heavy (non-hydrogen) atoms. The van der Waals surface area contributed by atoms with Crippen LogP contribution in [0.5, 0.6) is 0 Å². The molecule has 1 amide bonds. The Morgan fingerprint density at radius 1 is 1.30 bits per heavy atom. The highest BCUT2D eigenvalue weighted by atomic mass is 16.2. The minimum absolute atomic E-state index is 0.0692. The SMILES string of the molecule is CNc1cncc(C2CCCN2C(=O)C2(C)CCN(C)CC2)n1. The average Bonchev–Trinajstić information content (AvgIpc) is 3.06. The number of anilines is 1. The molecule has 0 aromatic carbocycles. The van der Waals surface area contributed by atoms with E-state index in [0.717, 1.165) is 56.8 Å². The molecule has 0 radical (unpaired) electrons. The van der Waals surface area contributed by atoms with Gasteiger partial charge in [0, 0.05) is 19.0 Å². The second kappa shape index (κ2) is 6.43. The van der Waals surface area contributed by atoms with E-state index in [1.54, 1.807) is 12.4 Å². The van der Waals surface area contributed by atoms with Gasteiger partial charge in [0.25, 0.3) is 0 Å². The van der Waals surface area contributed by atoms with E-state index in [9.17, 15) is 4.79 Å². The lowest BCUT2D eigenvalue weighted by atomic mass is 9.79.